The highest BCUT2D eigenvalue weighted by Crippen LogP contribution is 2.24. The zero-order valence-electron chi connectivity index (χ0n) is 17.7. The Morgan fingerprint density at radius 1 is 0.967 bits per heavy atom. The zero-order chi connectivity index (χ0) is 21.9. The van der Waals surface area contributed by atoms with Gasteiger partial charge in [0, 0.05) is 42.4 Å². The molecular formula is C23H27N3O3S. The summed E-state index contributed by atoms with van der Waals surface area (Å²) in [5.41, 5.74) is 3.74. The molecule has 0 radical (unpaired) electrons. The number of carbonyl (C=O) groups excluding carboxylic acids is 1. The highest BCUT2D eigenvalue weighted by Gasteiger charge is 2.22. The normalized spacial score (nSPS) is 11.6. The van der Waals surface area contributed by atoms with E-state index in [-0.39, 0.29) is 10.8 Å². The van der Waals surface area contributed by atoms with Gasteiger partial charge in [-0.25, -0.2) is 8.42 Å². The molecule has 0 aliphatic rings. The lowest BCUT2D eigenvalue weighted by Crippen LogP contribution is -2.30. The summed E-state index contributed by atoms with van der Waals surface area (Å²) < 4.78 is 29.0. The van der Waals surface area contributed by atoms with Gasteiger partial charge in [0.2, 0.25) is 10.0 Å². The zero-order valence-corrected chi connectivity index (χ0v) is 18.5. The third-order valence-corrected chi connectivity index (χ3v) is 7.20. The summed E-state index contributed by atoms with van der Waals surface area (Å²) in [5, 5.41) is 2.87. The van der Waals surface area contributed by atoms with Crippen LogP contribution < -0.4 is 5.32 Å². The number of hydrogen-bond acceptors (Lipinski definition) is 3. The van der Waals surface area contributed by atoms with Crippen LogP contribution in [0.3, 0.4) is 0 Å². The van der Waals surface area contributed by atoms with Gasteiger partial charge in [-0.3, -0.25) is 4.79 Å². The Morgan fingerprint density at radius 3 is 2.23 bits per heavy atom. The molecule has 0 spiro atoms. The molecule has 0 saturated heterocycles. The van der Waals surface area contributed by atoms with Gasteiger partial charge >= 0.3 is 0 Å². The van der Waals surface area contributed by atoms with Gasteiger partial charge in [-0.15, -0.1) is 0 Å². The van der Waals surface area contributed by atoms with E-state index in [9.17, 15) is 13.2 Å². The Kier molecular flexibility index (Phi) is 6.43. The number of sulfonamides is 1. The third kappa shape index (κ3) is 4.32. The monoisotopic (exact) mass is 425 g/mol. The van der Waals surface area contributed by atoms with Crippen LogP contribution in [-0.4, -0.2) is 36.3 Å². The molecule has 30 heavy (non-hydrogen) atoms. The molecule has 0 aliphatic carbocycles. The van der Waals surface area contributed by atoms with Crippen LogP contribution in [0.5, 0.6) is 0 Å². The van der Waals surface area contributed by atoms with E-state index in [1.807, 2.05) is 55.1 Å². The van der Waals surface area contributed by atoms with E-state index < -0.39 is 10.0 Å². The number of anilines is 1. The lowest BCUT2D eigenvalue weighted by Gasteiger charge is -2.19. The van der Waals surface area contributed by atoms with E-state index in [2.05, 4.69) is 5.32 Å². The van der Waals surface area contributed by atoms with Crippen molar-refractivity contribution in [2.24, 2.45) is 0 Å². The molecule has 1 aromatic heterocycles. The van der Waals surface area contributed by atoms with E-state index in [0.717, 1.165) is 16.8 Å². The van der Waals surface area contributed by atoms with Gasteiger partial charge in [0.1, 0.15) is 0 Å². The van der Waals surface area contributed by atoms with Gasteiger partial charge in [0.15, 0.2) is 0 Å². The van der Waals surface area contributed by atoms with Gasteiger partial charge in [-0.2, -0.15) is 4.31 Å². The summed E-state index contributed by atoms with van der Waals surface area (Å²) in [6.45, 7) is 8.21. The molecule has 6 nitrogen and oxygen atoms in total. The smallest absolute Gasteiger partial charge is 0.255 e. The van der Waals surface area contributed by atoms with Crippen LogP contribution in [0.1, 0.15) is 35.3 Å². The first-order valence-electron chi connectivity index (χ1n) is 9.94. The van der Waals surface area contributed by atoms with Gasteiger partial charge in [-0.1, -0.05) is 26.0 Å². The number of nitrogens with one attached hydrogen (secondary N) is 1. The first kappa shape index (κ1) is 21.8. The number of nitrogens with zero attached hydrogens (tertiary/aromatic N) is 2. The van der Waals surface area contributed by atoms with Crippen molar-refractivity contribution < 1.29 is 13.2 Å². The van der Waals surface area contributed by atoms with Crippen molar-refractivity contribution in [2.45, 2.75) is 32.6 Å². The number of aromatic nitrogens is 1. The van der Waals surface area contributed by atoms with Crippen LogP contribution in [0.2, 0.25) is 0 Å². The Morgan fingerprint density at radius 2 is 1.60 bits per heavy atom. The highest BCUT2D eigenvalue weighted by atomic mass is 32.2. The first-order chi connectivity index (χ1) is 14.3. The van der Waals surface area contributed by atoms with Crippen LogP contribution in [0.4, 0.5) is 5.69 Å². The summed E-state index contributed by atoms with van der Waals surface area (Å²) in [7, 11) is -3.60. The summed E-state index contributed by atoms with van der Waals surface area (Å²) in [6.07, 6.45) is 3.85. The predicted molar refractivity (Wildman–Crippen MR) is 120 cm³/mol. The average Bonchev–Trinajstić information content (AvgIpc) is 3.25. The second-order valence-corrected chi connectivity index (χ2v) is 9.05. The number of amides is 1. The fourth-order valence-electron chi connectivity index (χ4n) is 3.33. The largest absolute Gasteiger partial charge is 0.324 e. The van der Waals surface area contributed by atoms with E-state index in [1.165, 1.54) is 10.4 Å². The van der Waals surface area contributed by atoms with Crippen molar-refractivity contribution in [3.05, 3.63) is 77.6 Å². The SMILES string of the molecule is CCN(CC)S(=O)(=O)c1ccc(C)c(NC(=O)c2ccc(C)c(-n3cccc3)c2)c1. The molecule has 1 heterocycles. The summed E-state index contributed by atoms with van der Waals surface area (Å²) in [4.78, 5) is 13.1. The Bertz CT molecular complexity index is 1150. The molecule has 2 aromatic carbocycles. The summed E-state index contributed by atoms with van der Waals surface area (Å²) >= 11 is 0. The number of aryl methyl sites for hydroxylation is 2. The van der Waals surface area contributed by atoms with E-state index in [0.29, 0.717) is 24.3 Å². The maximum Gasteiger partial charge on any atom is 0.255 e. The summed E-state index contributed by atoms with van der Waals surface area (Å²) in [5.74, 6) is -0.288. The van der Waals surface area contributed by atoms with Gasteiger partial charge in [-0.05, 0) is 61.4 Å². The maximum absolute atomic E-state index is 12.9. The van der Waals surface area contributed by atoms with Crippen molar-refractivity contribution in [3.63, 3.8) is 0 Å². The molecular weight excluding hydrogens is 398 g/mol. The topological polar surface area (TPSA) is 71.4 Å². The van der Waals surface area contributed by atoms with Crippen LogP contribution >= 0.6 is 0 Å². The van der Waals surface area contributed by atoms with Crippen LogP contribution in [0.25, 0.3) is 5.69 Å². The fraction of sp³-hybridized carbons (Fsp3) is 0.261. The van der Waals surface area contributed by atoms with Crippen molar-refractivity contribution in [1.82, 2.24) is 8.87 Å². The van der Waals surface area contributed by atoms with Crippen LogP contribution in [-0.2, 0) is 10.0 Å². The molecule has 3 aromatic rings. The molecule has 1 N–H and O–H groups in total. The molecule has 0 aliphatic heterocycles. The number of hydrogen-bond donors (Lipinski definition) is 1. The van der Waals surface area contributed by atoms with Crippen LogP contribution in [0.15, 0.2) is 65.8 Å². The van der Waals surface area contributed by atoms with Gasteiger partial charge in [0.25, 0.3) is 5.91 Å². The number of carbonyl (C=O) groups is 1. The quantitative estimate of drug-likeness (QED) is 0.611. The van der Waals surface area contributed by atoms with E-state index >= 15 is 0 Å². The molecule has 158 valence electrons. The summed E-state index contributed by atoms with van der Waals surface area (Å²) in [6, 6.07) is 14.2. The van der Waals surface area contributed by atoms with Crippen molar-refractivity contribution in [1.29, 1.82) is 0 Å². The molecule has 0 atom stereocenters. The van der Waals surface area contributed by atoms with Crippen LogP contribution in [0, 0.1) is 13.8 Å². The molecule has 0 fully saturated rings. The average molecular weight is 426 g/mol. The van der Waals surface area contributed by atoms with Crippen molar-refractivity contribution >= 4 is 21.6 Å². The second kappa shape index (κ2) is 8.85. The van der Waals surface area contributed by atoms with Gasteiger partial charge in [0.05, 0.1) is 4.90 Å². The minimum atomic E-state index is -3.60. The van der Waals surface area contributed by atoms with Crippen molar-refractivity contribution in [2.75, 3.05) is 18.4 Å². The van der Waals surface area contributed by atoms with E-state index in [1.54, 1.807) is 32.0 Å². The molecule has 0 bridgehead atoms. The minimum absolute atomic E-state index is 0.170. The molecule has 3 rings (SSSR count). The Hall–Kier alpha value is -2.90. The predicted octanol–water partition coefficient (Wildman–Crippen LogP) is 4.38. The first-order valence-corrected chi connectivity index (χ1v) is 11.4. The molecule has 0 saturated carbocycles. The lowest BCUT2D eigenvalue weighted by atomic mass is 10.1. The molecule has 0 unspecified atom stereocenters. The van der Waals surface area contributed by atoms with Gasteiger partial charge < -0.3 is 9.88 Å². The Labute approximate surface area is 178 Å². The fourth-order valence-corrected chi connectivity index (χ4v) is 4.81. The molecule has 7 heteroatoms. The van der Waals surface area contributed by atoms with Crippen molar-refractivity contribution in [3.8, 4) is 5.69 Å². The molecule has 1 amide bonds. The standard InChI is InChI=1S/C23H27N3O3S/c1-5-26(6-2)30(28,29)20-12-10-17(3)21(16-20)24-23(27)19-11-9-18(4)22(15-19)25-13-7-8-14-25/h7-16H,5-6H2,1-4H3,(H,24,27). The number of benzene rings is 2. The third-order valence-electron chi connectivity index (χ3n) is 5.15. The second-order valence-electron chi connectivity index (χ2n) is 7.11. The highest BCUT2D eigenvalue weighted by molar-refractivity contribution is 7.89. The maximum atomic E-state index is 12.9. The minimum Gasteiger partial charge on any atom is -0.324 e. The Balaban J connectivity index is 1.92. The number of rotatable bonds is 7. The van der Waals surface area contributed by atoms with E-state index in [4.69, 9.17) is 0 Å². The lowest BCUT2D eigenvalue weighted by molar-refractivity contribution is 0.102.